The average Bonchev–Trinajstić information content (AvgIpc) is 3.41. The summed E-state index contributed by atoms with van der Waals surface area (Å²) in [5.74, 6) is 1.43. The highest BCUT2D eigenvalue weighted by molar-refractivity contribution is 5.97. The van der Waals surface area contributed by atoms with E-state index in [1.165, 1.54) is 69.7 Å². The van der Waals surface area contributed by atoms with Crippen LogP contribution in [0.5, 0.6) is 0 Å². The summed E-state index contributed by atoms with van der Waals surface area (Å²) in [5.41, 5.74) is 4.43. The van der Waals surface area contributed by atoms with Crippen molar-refractivity contribution in [3.8, 4) is 0 Å². The molecule has 0 spiro atoms. The maximum Gasteiger partial charge on any atom is 0.227 e. The minimum absolute atomic E-state index is 0.141. The number of rotatable bonds is 13. The summed E-state index contributed by atoms with van der Waals surface area (Å²) in [4.78, 5) is 20.0. The number of anilines is 1. The van der Waals surface area contributed by atoms with Gasteiger partial charge in [0, 0.05) is 31.1 Å². The Hall–Kier alpha value is -2.62. The molecule has 4 nitrogen and oxygen atoms in total. The molecule has 1 amide bonds. The van der Waals surface area contributed by atoms with E-state index in [1.807, 2.05) is 17.0 Å². The first-order valence-electron chi connectivity index (χ1n) is 13.5. The number of aromatic nitrogens is 2. The first-order chi connectivity index (χ1) is 16.7. The second-order valence-corrected chi connectivity index (χ2v) is 9.98. The van der Waals surface area contributed by atoms with Crippen LogP contribution in [-0.2, 0) is 11.3 Å². The normalized spacial score (nSPS) is 16.1. The van der Waals surface area contributed by atoms with E-state index in [1.54, 1.807) is 0 Å². The molecular formula is C30H41N3O. The quantitative estimate of drug-likeness (QED) is 0.245. The van der Waals surface area contributed by atoms with E-state index in [-0.39, 0.29) is 11.8 Å². The molecule has 0 radical (unpaired) electrons. The lowest BCUT2D eigenvalue weighted by Gasteiger charge is -2.19. The third kappa shape index (κ3) is 5.89. The van der Waals surface area contributed by atoms with Crippen molar-refractivity contribution in [2.24, 2.45) is 0 Å². The highest BCUT2D eigenvalue weighted by Gasteiger charge is 2.35. The molecule has 1 aromatic heterocycles. The molecule has 0 saturated carbocycles. The van der Waals surface area contributed by atoms with Gasteiger partial charge in [-0.05, 0) is 37.1 Å². The number of nitrogens with zero attached hydrogens (tertiary/aromatic N) is 3. The van der Waals surface area contributed by atoms with E-state index < -0.39 is 0 Å². The topological polar surface area (TPSA) is 38.1 Å². The molecule has 0 aliphatic carbocycles. The van der Waals surface area contributed by atoms with Crippen molar-refractivity contribution in [2.75, 3.05) is 11.4 Å². The molecule has 2 aromatic carbocycles. The van der Waals surface area contributed by atoms with Crippen LogP contribution >= 0.6 is 0 Å². The predicted octanol–water partition coefficient (Wildman–Crippen LogP) is 7.79. The van der Waals surface area contributed by atoms with E-state index in [2.05, 4.69) is 54.8 Å². The molecule has 182 valence electrons. The molecule has 1 fully saturated rings. The maximum absolute atomic E-state index is 13.0. The van der Waals surface area contributed by atoms with Crippen molar-refractivity contribution in [3.63, 3.8) is 0 Å². The molecule has 1 aliphatic heterocycles. The summed E-state index contributed by atoms with van der Waals surface area (Å²) in [6.45, 7) is 6.06. The van der Waals surface area contributed by atoms with Gasteiger partial charge >= 0.3 is 0 Å². The first-order valence-corrected chi connectivity index (χ1v) is 13.5. The molecule has 3 aromatic rings. The third-order valence-electron chi connectivity index (χ3n) is 7.32. The monoisotopic (exact) mass is 459 g/mol. The highest BCUT2D eigenvalue weighted by Crippen LogP contribution is 2.34. The van der Waals surface area contributed by atoms with E-state index in [9.17, 15) is 4.79 Å². The largest absolute Gasteiger partial charge is 0.328 e. The van der Waals surface area contributed by atoms with Crippen LogP contribution in [0.15, 0.2) is 48.5 Å². The summed E-state index contributed by atoms with van der Waals surface area (Å²) in [6.07, 6.45) is 13.9. The molecule has 0 N–H and O–H groups in total. The Balaban J connectivity index is 1.37. The number of unbranched alkanes of at least 4 members (excludes halogenated alkanes) is 9. The van der Waals surface area contributed by atoms with Gasteiger partial charge in [-0.1, -0.05) is 95.0 Å². The van der Waals surface area contributed by atoms with Crippen molar-refractivity contribution in [1.29, 1.82) is 0 Å². The van der Waals surface area contributed by atoms with Crippen LogP contribution in [0.2, 0.25) is 0 Å². The van der Waals surface area contributed by atoms with Crippen LogP contribution in [0.25, 0.3) is 11.0 Å². The molecule has 1 atom stereocenters. The standard InChI is InChI=1S/C30H41N3O/c1-3-4-5-6-7-8-9-10-11-16-21-32-28-20-15-13-18-26(28)31-30(32)25-22-29(34)33(23-25)27-19-14-12-17-24(27)2/h12-15,17-20,25H,3-11,16,21-23H2,1-2H3/t25-/m0/s1. The minimum atomic E-state index is 0.141. The summed E-state index contributed by atoms with van der Waals surface area (Å²) in [7, 11) is 0. The Kier molecular flexibility index (Phi) is 8.79. The number of benzene rings is 2. The molecule has 4 rings (SSSR count). The minimum Gasteiger partial charge on any atom is -0.328 e. The van der Waals surface area contributed by atoms with Crippen molar-refractivity contribution >= 4 is 22.6 Å². The van der Waals surface area contributed by atoms with Crippen molar-refractivity contribution in [1.82, 2.24) is 9.55 Å². The van der Waals surface area contributed by atoms with Crippen LogP contribution in [0.1, 0.15) is 94.9 Å². The molecule has 0 bridgehead atoms. The highest BCUT2D eigenvalue weighted by atomic mass is 16.2. The molecular weight excluding hydrogens is 418 g/mol. The molecule has 4 heteroatoms. The lowest BCUT2D eigenvalue weighted by Crippen LogP contribution is -2.25. The van der Waals surface area contributed by atoms with E-state index in [4.69, 9.17) is 4.98 Å². The zero-order valence-corrected chi connectivity index (χ0v) is 21.1. The summed E-state index contributed by atoms with van der Waals surface area (Å²) >= 11 is 0. The number of imidazole rings is 1. The van der Waals surface area contributed by atoms with Crippen LogP contribution in [0.4, 0.5) is 5.69 Å². The third-order valence-corrected chi connectivity index (χ3v) is 7.32. The van der Waals surface area contributed by atoms with Crippen LogP contribution in [-0.4, -0.2) is 22.0 Å². The van der Waals surface area contributed by atoms with Crippen LogP contribution < -0.4 is 4.90 Å². The van der Waals surface area contributed by atoms with Crippen LogP contribution in [0, 0.1) is 6.92 Å². The fourth-order valence-corrected chi connectivity index (χ4v) is 5.38. The number of aryl methyl sites for hydroxylation is 2. The van der Waals surface area contributed by atoms with E-state index in [0.29, 0.717) is 13.0 Å². The fraction of sp³-hybridized carbons (Fsp3) is 0.533. The van der Waals surface area contributed by atoms with Gasteiger partial charge in [0.05, 0.1) is 11.0 Å². The smallest absolute Gasteiger partial charge is 0.227 e. The Bertz CT molecular complexity index is 1070. The maximum atomic E-state index is 13.0. The van der Waals surface area contributed by atoms with Gasteiger partial charge < -0.3 is 9.47 Å². The molecule has 34 heavy (non-hydrogen) atoms. The van der Waals surface area contributed by atoms with Gasteiger partial charge in [-0.15, -0.1) is 0 Å². The van der Waals surface area contributed by atoms with Gasteiger partial charge in [0.1, 0.15) is 5.82 Å². The number of hydrogen-bond donors (Lipinski definition) is 0. The van der Waals surface area contributed by atoms with Crippen molar-refractivity contribution in [3.05, 3.63) is 59.9 Å². The van der Waals surface area contributed by atoms with Gasteiger partial charge in [0.25, 0.3) is 0 Å². The molecule has 0 unspecified atom stereocenters. The zero-order valence-electron chi connectivity index (χ0n) is 21.1. The summed E-state index contributed by atoms with van der Waals surface area (Å²) in [5, 5.41) is 0. The van der Waals surface area contributed by atoms with Gasteiger partial charge in [0.2, 0.25) is 5.91 Å². The second-order valence-electron chi connectivity index (χ2n) is 9.98. The number of para-hydroxylation sites is 3. The number of amides is 1. The lowest BCUT2D eigenvalue weighted by atomic mass is 10.1. The molecule has 1 saturated heterocycles. The average molecular weight is 460 g/mol. The molecule has 1 aliphatic rings. The van der Waals surface area contributed by atoms with E-state index >= 15 is 0 Å². The first kappa shape index (κ1) is 24.5. The Morgan fingerprint density at radius 2 is 1.50 bits per heavy atom. The zero-order chi connectivity index (χ0) is 23.8. The second kappa shape index (κ2) is 12.2. The SMILES string of the molecule is CCCCCCCCCCCCn1c([C@H]2CC(=O)N(c3ccccc3C)C2)nc2ccccc21. The molecule has 2 heterocycles. The summed E-state index contributed by atoms with van der Waals surface area (Å²) < 4.78 is 2.40. The lowest BCUT2D eigenvalue weighted by molar-refractivity contribution is -0.117. The van der Waals surface area contributed by atoms with Gasteiger partial charge in [-0.25, -0.2) is 4.98 Å². The van der Waals surface area contributed by atoms with Crippen molar-refractivity contribution in [2.45, 2.75) is 96.9 Å². The Morgan fingerprint density at radius 1 is 0.853 bits per heavy atom. The van der Waals surface area contributed by atoms with Gasteiger partial charge in [-0.2, -0.15) is 0 Å². The van der Waals surface area contributed by atoms with Gasteiger partial charge in [-0.3, -0.25) is 4.79 Å². The fourth-order valence-electron chi connectivity index (χ4n) is 5.38. The Labute approximate surface area is 205 Å². The van der Waals surface area contributed by atoms with E-state index in [0.717, 1.165) is 29.1 Å². The van der Waals surface area contributed by atoms with Crippen LogP contribution in [0.3, 0.4) is 0 Å². The Morgan fingerprint density at radius 3 is 2.24 bits per heavy atom. The van der Waals surface area contributed by atoms with Gasteiger partial charge in [0.15, 0.2) is 0 Å². The van der Waals surface area contributed by atoms with Crippen molar-refractivity contribution < 1.29 is 4.79 Å². The number of carbonyl (C=O) groups excluding carboxylic acids is 1. The number of fused-ring (bicyclic) bond motifs is 1. The predicted molar refractivity (Wildman–Crippen MR) is 142 cm³/mol. The number of hydrogen-bond acceptors (Lipinski definition) is 2. The number of carbonyl (C=O) groups is 1. The summed E-state index contributed by atoms with van der Waals surface area (Å²) in [6, 6.07) is 16.6.